The maximum atomic E-state index is 3.56. The molecule has 0 saturated heterocycles. The van der Waals surface area contributed by atoms with E-state index in [-0.39, 0.29) is 0 Å². The molecule has 0 atom stereocenters. The molecule has 0 amide bonds. The lowest BCUT2D eigenvalue weighted by Crippen LogP contribution is -2.05. The number of hydrogen-bond donors (Lipinski definition) is 1. The van der Waals surface area contributed by atoms with Gasteiger partial charge in [0.05, 0.1) is 0 Å². The first kappa shape index (κ1) is 9.18. The van der Waals surface area contributed by atoms with Crippen LogP contribution >= 0.6 is 0 Å². The van der Waals surface area contributed by atoms with Crippen LogP contribution in [0.3, 0.4) is 0 Å². The Morgan fingerprint density at radius 1 is 1.30 bits per heavy atom. The lowest BCUT2D eigenvalue weighted by atomic mass is 10.3. The quantitative estimate of drug-likeness (QED) is 0.451. The van der Waals surface area contributed by atoms with Gasteiger partial charge in [-0.2, -0.15) is 0 Å². The summed E-state index contributed by atoms with van der Waals surface area (Å²) in [7, 11) is 1.95. The van der Waals surface area contributed by atoms with Gasteiger partial charge in [0, 0.05) is 0 Å². The molecule has 1 nitrogen and oxygen atoms in total. The van der Waals surface area contributed by atoms with Gasteiger partial charge in [-0.05, 0) is 20.0 Å². The molecule has 0 spiro atoms. The summed E-state index contributed by atoms with van der Waals surface area (Å²) in [4.78, 5) is 0. The monoisotopic (exact) mass is 137 g/mol. The van der Waals surface area contributed by atoms with Gasteiger partial charge >= 0.3 is 0 Å². The van der Waals surface area contributed by atoms with Gasteiger partial charge in [-0.3, -0.25) is 0 Å². The Morgan fingerprint density at radius 3 is 2.70 bits per heavy atom. The molecule has 0 fully saturated rings. The first-order chi connectivity index (χ1) is 4.91. The molecule has 0 aromatic heterocycles. The van der Waals surface area contributed by atoms with Gasteiger partial charge in [-0.15, -0.1) is 0 Å². The van der Waals surface area contributed by atoms with E-state index >= 15 is 0 Å². The van der Waals surface area contributed by atoms with Crippen LogP contribution in [-0.4, -0.2) is 13.6 Å². The smallest absolute Gasteiger partial charge is 0.00172 e. The van der Waals surface area contributed by atoms with Crippen LogP contribution < -0.4 is 5.32 Å². The molecule has 0 aromatic rings. The molecule has 0 aliphatic heterocycles. The Labute approximate surface area is 63.1 Å². The molecule has 0 aromatic carbocycles. The molecule has 0 unspecified atom stereocenters. The summed E-state index contributed by atoms with van der Waals surface area (Å²) in [5, 5.41) is 3.06. The molecule has 0 aliphatic rings. The van der Waals surface area contributed by atoms with Gasteiger partial charge in [0.25, 0.3) is 0 Å². The van der Waals surface area contributed by atoms with Crippen LogP contribution in [0.25, 0.3) is 0 Å². The summed E-state index contributed by atoms with van der Waals surface area (Å²) in [6.07, 6.45) is 10.9. The highest BCUT2D eigenvalue weighted by Gasteiger charge is 1.72. The predicted octanol–water partition coefficient (Wildman–Crippen LogP) is 1.89. The molecular formula is C9H15N. The van der Waals surface area contributed by atoms with Crippen LogP contribution in [0.4, 0.5) is 0 Å². The SMILES string of the molecule is C=C/C=C\C=C/CCNC. The fourth-order valence-electron chi connectivity index (χ4n) is 0.545. The van der Waals surface area contributed by atoms with Crippen LogP contribution in [0.15, 0.2) is 37.0 Å². The molecule has 0 radical (unpaired) electrons. The maximum Gasteiger partial charge on any atom is -0.00172 e. The van der Waals surface area contributed by atoms with Crippen molar-refractivity contribution in [3.8, 4) is 0 Å². The van der Waals surface area contributed by atoms with Crippen LogP contribution in [-0.2, 0) is 0 Å². The summed E-state index contributed by atoms with van der Waals surface area (Å²) in [5.41, 5.74) is 0. The third-order valence-corrected chi connectivity index (χ3v) is 1.06. The molecule has 0 rings (SSSR count). The zero-order chi connectivity index (χ0) is 7.66. The van der Waals surface area contributed by atoms with Crippen LogP contribution in [0.2, 0.25) is 0 Å². The summed E-state index contributed by atoms with van der Waals surface area (Å²) in [6, 6.07) is 0. The predicted molar refractivity (Wildman–Crippen MR) is 47.0 cm³/mol. The number of nitrogens with one attached hydrogen (secondary N) is 1. The Balaban J connectivity index is 3.19. The van der Waals surface area contributed by atoms with E-state index < -0.39 is 0 Å². The van der Waals surface area contributed by atoms with E-state index in [1.165, 1.54) is 0 Å². The summed E-state index contributed by atoms with van der Waals surface area (Å²) >= 11 is 0. The zero-order valence-corrected chi connectivity index (χ0v) is 6.51. The lowest BCUT2D eigenvalue weighted by Gasteiger charge is -1.88. The highest BCUT2D eigenvalue weighted by Crippen LogP contribution is 1.82. The van der Waals surface area contributed by atoms with Crippen molar-refractivity contribution < 1.29 is 0 Å². The molecule has 0 bridgehead atoms. The minimum absolute atomic E-state index is 1.04. The van der Waals surface area contributed by atoms with E-state index in [0.717, 1.165) is 13.0 Å². The van der Waals surface area contributed by atoms with Gasteiger partial charge < -0.3 is 5.32 Å². The third-order valence-electron chi connectivity index (χ3n) is 1.06. The average Bonchev–Trinajstić information content (AvgIpc) is 1.97. The van der Waals surface area contributed by atoms with E-state index in [2.05, 4.69) is 18.0 Å². The van der Waals surface area contributed by atoms with Crippen molar-refractivity contribution in [3.63, 3.8) is 0 Å². The van der Waals surface area contributed by atoms with Crippen molar-refractivity contribution >= 4 is 0 Å². The standard InChI is InChI=1S/C9H15N/c1-3-4-5-6-7-8-9-10-2/h3-7,10H,1,8-9H2,2H3/b5-4-,7-6-. The van der Waals surface area contributed by atoms with Crippen molar-refractivity contribution in [1.82, 2.24) is 5.32 Å². The topological polar surface area (TPSA) is 12.0 Å². The Hall–Kier alpha value is -0.820. The van der Waals surface area contributed by atoms with Gasteiger partial charge in [0.1, 0.15) is 0 Å². The number of allylic oxidation sites excluding steroid dienone is 4. The molecule has 1 heteroatoms. The summed E-state index contributed by atoms with van der Waals surface area (Å²) < 4.78 is 0. The van der Waals surface area contributed by atoms with Crippen molar-refractivity contribution in [2.75, 3.05) is 13.6 Å². The molecule has 10 heavy (non-hydrogen) atoms. The Kier molecular flexibility index (Phi) is 7.51. The van der Waals surface area contributed by atoms with E-state index in [1.807, 2.05) is 25.3 Å². The second-order valence-corrected chi connectivity index (χ2v) is 1.94. The second kappa shape index (κ2) is 8.18. The summed E-state index contributed by atoms with van der Waals surface area (Å²) in [5.74, 6) is 0. The zero-order valence-electron chi connectivity index (χ0n) is 6.51. The first-order valence-electron chi connectivity index (χ1n) is 3.50. The fourth-order valence-corrected chi connectivity index (χ4v) is 0.545. The number of hydrogen-bond acceptors (Lipinski definition) is 1. The molecule has 0 heterocycles. The van der Waals surface area contributed by atoms with E-state index in [4.69, 9.17) is 0 Å². The third kappa shape index (κ3) is 7.18. The Morgan fingerprint density at radius 2 is 2.10 bits per heavy atom. The average molecular weight is 137 g/mol. The van der Waals surface area contributed by atoms with Crippen molar-refractivity contribution in [2.45, 2.75) is 6.42 Å². The van der Waals surface area contributed by atoms with E-state index in [1.54, 1.807) is 6.08 Å². The molecular weight excluding hydrogens is 122 g/mol. The van der Waals surface area contributed by atoms with Crippen molar-refractivity contribution in [3.05, 3.63) is 37.0 Å². The molecule has 0 saturated carbocycles. The molecule has 56 valence electrons. The van der Waals surface area contributed by atoms with Gasteiger partial charge in [0.15, 0.2) is 0 Å². The lowest BCUT2D eigenvalue weighted by molar-refractivity contribution is 0.808. The number of rotatable bonds is 5. The Bertz CT molecular complexity index is 123. The van der Waals surface area contributed by atoms with Gasteiger partial charge in [-0.1, -0.05) is 37.0 Å². The van der Waals surface area contributed by atoms with Crippen LogP contribution in [0.1, 0.15) is 6.42 Å². The maximum absolute atomic E-state index is 3.56. The highest BCUT2D eigenvalue weighted by molar-refractivity contribution is 5.08. The fraction of sp³-hybridized carbons (Fsp3) is 0.333. The van der Waals surface area contributed by atoms with Crippen LogP contribution in [0.5, 0.6) is 0 Å². The summed E-state index contributed by atoms with van der Waals surface area (Å²) in [6.45, 7) is 4.60. The first-order valence-corrected chi connectivity index (χ1v) is 3.50. The minimum Gasteiger partial charge on any atom is -0.319 e. The van der Waals surface area contributed by atoms with Crippen molar-refractivity contribution in [1.29, 1.82) is 0 Å². The minimum atomic E-state index is 1.04. The highest BCUT2D eigenvalue weighted by atomic mass is 14.8. The van der Waals surface area contributed by atoms with E-state index in [9.17, 15) is 0 Å². The van der Waals surface area contributed by atoms with Crippen LogP contribution in [0, 0.1) is 0 Å². The normalized spacial score (nSPS) is 11.3. The second-order valence-electron chi connectivity index (χ2n) is 1.94. The molecule has 0 aliphatic carbocycles. The largest absolute Gasteiger partial charge is 0.319 e. The van der Waals surface area contributed by atoms with Crippen molar-refractivity contribution in [2.24, 2.45) is 0 Å². The van der Waals surface area contributed by atoms with Gasteiger partial charge in [-0.25, -0.2) is 0 Å². The molecule has 1 N–H and O–H groups in total. The van der Waals surface area contributed by atoms with E-state index in [0.29, 0.717) is 0 Å². The van der Waals surface area contributed by atoms with Gasteiger partial charge in [0.2, 0.25) is 0 Å².